The zero-order chi connectivity index (χ0) is 39.6. The number of aliphatic hydroxyl groups excluding tert-OH is 1. The summed E-state index contributed by atoms with van der Waals surface area (Å²) < 4.78 is 26.8. The topological polar surface area (TPSA) is 131 Å². The highest BCUT2D eigenvalue weighted by Crippen LogP contribution is 2.42. The van der Waals surface area contributed by atoms with Gasteiger partial charge in [-0.3, -0.25) is 18.6 Å². The zero-order valence-electron chi connectivity index (χ0n) is 34.1. The Kier molecular flexibility index (Phi) is 38.7. The fourth-order valence-corrected chi connectivity index (χ4v) is 6.24. The predicted octanol–water partition coefficient (Wildman–Crippen LogP) is 11.7. The first-order valence-corrected chi connectivity index (χ1v) is 22.8. The standard InChI is InChI=1S/C44H78NO8P/c1-3-5-7-9-11-13-15-17-19-21-23-25-27-29-31-33-35-37-44(48)51-40-42(46)41-53-54(49,50)52-39-38-45-43(47)36-34-32-30-28-26-24-22-20-18-16-14-12-10-8-6-4-2/h5,7,11,13-14,16-17,19-20,22,42,46H,3-4,6,8-10,12,15,18,21,23-41H2,1-2H3,(H,45,47)(H,49,50)/b7-5-,13-11-,16-14-,19-17-,22-20-. The van der Waals surface area contributed by atoms with Crippen LogP contribution >= 0.6 is 7.82 Å². The maximum atomic E-state index is 12.1. The molecular weight excluding hydrogens is 701 g/mol. The lowest BCUT2D eigenvalue weighted by Gasteiger charge is -2.15. The third-order valence-electron chi connectivity index (χ3n) is 8.68. The Labute approximate surface area is 329 Å². The third kappa shape index (κ3) is 40.9. The quantitative estimate of drug-likeness (QED) is 0.0243. The van der Waals surface area contributed by atoms with Crippen LogP contribution in [-0.2, 0) is 27.9 Å². The maximum absolute atomic E-state index is 12.1. The first-order chi connectivity index (χ1) is 26.3. The molecule has 2 atom stereocenters. The predicted molar refractivity (Wildman–Crippen MR) is 224 cm³/mol. The minimum atomic E-state index is -4.42. The van der Waals surface area contributed by atoms with Gasteiger partial charge in [-0.25, -0.2) is 4.57 Å². The first-order valence-electron chi connectivity index (χ1n) is 21.3. The van der Waals surface area contributed by atoms with Gasteiger partial charge in [0.2, 0.25) is 5.91 Å². The van der Waals surface area contributed by atoms with E-state index in [9.17, 15) is 24.2 Å². The molecule has 9 nitrogen and oxygen atoms in total. The van der Waals surface area contributed by atoms with E-state index in [4.69, 9.17) is 13.8 Å². The minimum absolute atomic E-state index is 0.0705. The van der Waals surface area contributed by atoms with Gasteiger partial charge in [-0.1, -0.05) is 145 Å². The van der Waals surface area contributed by atoms with Crippen molar-refractivity contribution in [2.45, 2.75) is 180 Å². The second kappa shape index (κ2) is 40.4. The number of carbonyl (C=O) groups is 2. The molecule has 0 heterocycles. The van der Waals surface area contributed by atoms with Gasteiger partial charge in [-0.15, -0.1) is 0 Å². The molecule has 0 aliphatic heterocycles. The van der Waals surface area contributed by atoms with Gasteiger partial charge in [0.15, 0.2) is 0 Å². The molecule has 0 aromatic heterocycles. The number of rotatable bonds is 39. The van der Waals surface area contributed by atoms with Crippen LogP contribution in [0.1, 0.15) is 174 Å². The Morgan fingerprint density at radius 1 is 0.593 bits per heavy atom. The van der Waals surface area contributed by atoms with Crippen molar-refractivity contribution >= 4 is 19.7 Å². The third-order valence-corrected chi connectivity index (χ3v) is 9.67. The summed E-state index contributed by atoms with van der Waals surface area (Å²) in [4.78, 5) is 33.9. The summed E-state index contributed by atoms with van der Waals surface area (Å²) in [6.45, 7) is 3.39. The number of carbonyl (C=O) groups excluding carboxylic acids is 2. The smallest absolute Gasteiger partial charge is 0.463 e. The van der Waals surface area contributed by atoms with Crippen LogP contribution in [0.5, 0.6) is 0 Å². The summed E-state index contributed by atoms with van der Waals surface area (Å²) in [5, 5.41) is 12.7. The second-order valence-electron chi connectivity index (χ2n) is 13.9. The lowest BCUT2D eigenvalue weighted by Crippen LogP contribution is -2.27. The second-order valence-corrected chi connectivity index (χ2v) is 15.4. The highest BCUT2D eigenvalue weighted by molar-refractivity contribution is 7.47. The number of amides is 1. The molecule has 0 saturated carbocycles. The molecule has 0 aromatic rings. The average Bonchev–Trinajstić information content (AvgIpc) is 3.16. The lowest BCUT2D eigenvalue weighted by atomic mass is 10.1. The van der Waals surface area contributed by atoms with Crippen LogP contribution < -0.4 is 5.32 Å². The Hall–Kier alpha value is -2.29. The van der Waals surface area contributed by atoms with E-state index in [-0.39, 0.29) is 32.1 Å². The van der Waals surface area contributed by atoms with Crippen LogP contribution in [0, 0.1) is 0 Å². The molecule has 10 heteroatoms. The summed E-state index contributed by atoms with van der Waals surface area (Å²) in [7, 11) is -4.42. The van der Waals surface area contributed by atoms with Gasteiger partial charge in [-0.05, 0) is 77.0 Å². The van der Waals surface area contributed by atoms with Crippen molar-refractivity contribution in [3.8, 4) is 0 Å². The molecule has 0 fully saturated rings. The number of hydrogen-bond acceptors (Lipinski definition) is 7. The van der Waals surface area contributed by atoms with Crippen LogP contribution in [0.25, 0.3) is 0 Å². The summed E-state index contributed by atoms with van der Waals surface area (Å²) >= 11 is 0. The molecule has 0 rings (SSSR count). The lowest BCUT2D eigenvalue weighted by molar-refractivity contribution is -0.147. The molecule has 0 aliphatic rings. The van der Waals surface area contributed by atoms with E-state index in [1.165, 1.54) is 51.4 Å². The Bertz CT molecular complexity index is 1070. The van der Waals surface area contributed by atoms with E-state index in [1.807, 2.05) is 0 Å². The Morgan fingerprint density at radius 2 is 1.06 bits per heavy atom. The number of esters is 1. The first kappa shape index (κ1) is 51.7. The molecule has 312 valence electrons. The van der Waals surface area contributed by atoms with Gasteiger partial charge < -0.3 is 20.1 Å². The molecule has 0 aliphatic carbocycles. The molecule has 54 heavy (non-hydrogen) atoms. The molecular formula is C44H78NO8P. The van der Waals surface area contributed by atoms with Gasteiger partial charge in [0, 0.05) is 19.4 Å². The van der Waals surface area contributed by atoms with E-state index in [0.29, 0.717) is 6.42 Å². The Balaban J connectivity index is 3.65. The van der Waals surface area contributed by atoms with Gasteiger partial charge in [0.25, 0.3) is 0 Å². The molecule has 1 amide bonds. The van der Waals surface area contributed by atoms with Crippen LogP contribution in [0.3, 0.4) is 0 Å². The maximum Gasteiger partial charge on any atom is 0.472 e. The van der Waals surface area contributed by atoms with Crippen molar-refractivity contribution in [1.82, 2.24) is 5.32 Å². The molecule has 2 unspecified atom stereocenters. The number of nitrogens with one attached hydrogen (secondary N) is 1. The molecule has 0 radical (unpaired) electrons. The van der Waals surface area contributed by atoms with Crippen molar-refractivity contribution < 1.29 is 37.9 Å². The normalized spacial score (nSPS) is 13.9. The average molecular weight is 780 g/mol. The van der Waals surface area contributed by atoms with E-state index >= 15 is 0 Å². The number of hydrogen-bond donors (Lipinski definition) is 3. The number of phosphoric ester groups is 1. The van der Waals surface area contributed by atoms with Crippen molar-refractivity contribution in [2.75, 3.05) is 26.4 Å². The van der Waals surface area contributed by atoms with Gasteiger partial charge in [-0.2, -0.15) is 0 Å². The fraction of sp³-hybridized carbons (Fsp3) is 0.727. The molecule has 0 spiro atoms. The molecule has 3 N–H and O–H groups in total. The van der Waals surface area contributed by atoms with Crippen molar-refractivity contribution in [2.24, 2.45) is 0 Å². The summed E-state index contributed by atoms with van der Waals surface area (Å²) in [5.41, 5.74) is 0. The van der Waals surface area contributed by atoms with E-state index in [1.54, 1.807) is 0 Å². The molecule has 0 aromatic carbocycles. The highest BCUT2D eigenvalue weighted by atomic mass is 31.2. The van der Waals surface area contributed by atoms with Gasteiger partial charge >= 0.3 is 13.8 Å². The van der Waals surface area contributed by atoms with Gasteiger partial charge in [0.05, 0.1) is 13.2 Å². The number of unbranched alkanes of at least 4 members (excludes halogenated alkanes) is 16. The number of aliphatic hydroxyl groups is 1. The summed E-state index contributed by atoms with van der Waals surface area (Å²) in [6, 6.07) is 0. The van der Waals surface area contributed by atoms with Crippen molar-refractivity contribution in [3.63, 3.8) is 0 Å². The van der Waals surface area contributed by atoms with Crippen LogP contribution in [0.15, 0.2) is 60.8 Å². The van der Waals surface area contributed by atoms with Crippen molar-refractivity contribution in [3.05, 3.63) is 60.8 Å². The van der Waals surface area contributed by atoms with Crippen LogP contribution in [0.4, 0.5) is 0 Å². The SMILES string of the molecule is CC/C=C\C/C=C\C/C=C\CCCCCCCCCC(=O)OCC(O)COP(=O)(O)OCCNC(=O)CCCCCCC/C=C\C/C=C\CCCCCC. The number of allylic oxidation sites excluding steroid dienone is 10. The Morgan fingerprint density at radius 3 is 1.59 bits per heavy atom. The van der Waals surface area contributed by atoms with E-state index < -0.39 is 26.5 Å². The van der Waals surface area contributed by atoms with E-state index in [2.05, 4.69) is 79.9 Å². The van der Waals surface area contributed by atoms with Crippen LogP contribution in [0.2, 0.25) is 0 Å². The minimum Gasteiger partial charge on any atom is -0.463 e. The zero-order valence-corrected chi connectivity index (χ0v) is 35.0. The highest BCUT2D eigenvalue weighted by Gasteiger charge is 2.23. The largest absolute Gasteiger partial charge is 0.472 e. The molecule has 0 saturated heterocycles. The number of ether oxygens (including phenoxy) is 1. The van der Waals surface area contributed by atoms with Gasteiger partial charge in [0.1, 0.15) is 12.7 Å². The monoisotopic (exact) mass is 780 g/mol. The van der Waals surface area contributed by atoms with E-state index in [0.717, 1.165) is 96.3 Å². The summed E-state index contributed by atoms with van der Waals surface area (Å²) in [5.74, 6) is -0.544. The fourth-order valence-electron chi connectivity index (χ4n) is 5.48. The molecule has 0 bridgehead atoms. The van der Waals surface area contributed by atoms with Crippen LogP contribution in [-0.4, -0.2) is 54.3 Å². The number of phosphoric acid groups is 1. The van der Waals surface area contributed by atoms with Crippen molar-refractivity contribution in [1.29, 1.82) is 0 Å². The summed E-state index contributed by atoms with van der Waals surface area (Å²) in [6.07, 6.45) is 47.1.